The molecule has 1 aromatic heterocycles. The Kier molecular flexibility index (Phi) is 2.70. The third-order valence-electron chi connectivity index (χ3n) is 1.43. The lowest BCUT2D eigenvalue weighted by Crippen LogP contribution is -2.23. The Labute approximate surface area is 74.8 Å². The van der Waals surface area contributed by atoms with Crippen LogP contribution in [-0.4, -0.2) is 15.7 Å². The fraction of sp³-hybridized carbons (Fsp3) is 0.429. The number of halogens is 1. The highest BCUT2D eigenvalue weighted by Crippen LogP contribution is 2.11. The molecule has 0 aliphatic carbocycles. The van der Waals surface area contributed by atoms with Crippen LogP contribution in [0.4, 0.5) is 0 Å². The minimum Gasteiger partial charge on any atom is -0.550 e. The smallest absolute Gasteiger partial charge is 0.0814 e. The van der Waals surface area contributed by atoms with Crippen LogP contribution < -0.4 is 5.11 Å². The fourth-order valence-electron chi connectivity index (χ4n) is 0.814. The molecule has 5 heteroatoms. The number of rotatable bonds is 3. The van der Waals surface area contributed by atoms with Crippen LogP contribution in [0.2, 0.25) is 5.02 Å². The van der Waals surface area contributed by atoms with Gasteiger partial charge < -0.3 is 9.90 Å². The summed E-state index contributed by atoms with van der Waals surface area (Å²) in [5.74, 6) is -1.08. The van der Waals surface area contributed by atoms with Crippen molar-refractivity contribution in [1.82, 2.24) is 9.78 Å². The predicted molar refractivity (Wildman–Crippen MR) is 41.6 cm³/mol. The lowest BCUT2D eigenvalue weighted by Gasteiger charge is -2.00. The molecule has 0 aliphatic rings. The van der Waals surface area contributed by atoms with E-state index in [1.54, 1.807) is 13.1 Å². The van der Waals surface area contributed by atoms with E-state index < -0.39 is 5.97 Å². The van der Waals surface area contributed by atoms with Crippen molar-refractivity contribution in [3.63, 3.8) is 0 Å². The average Bonchev–Trinajstić information content (AvgIpc) is 2.28. The first-order chi connectivity index (χ1) is 5.59. The van der Waals surface area contributed by atoms with Crippen LogP contribution >= 0.6 is 11.6 Å². The molecule has 0 saturated heterocycles. The monoisotopic (exact) mass is 187 g/mol. The van der Waals surface area contributed by atoms with E-state index in [9.17, 15) is 9.90 Å². The van der Waals surface area contributed by atoms with E-state index in [0.29, 0.717) is 17.3 Å². The molecule has 4 nitrogen and oxygen atoms in total. The summed E-state index contributed by atoms with van der Waals surface area (Å²) >= 11 is 5.70. The number of aryl methyl sites for hydroxylation is 2. The molecule has 0 aromatic carbocycles. The number of carbonyl (C=O) groups is 1. The summed E-state index contributed by atoms with van der Waals surface area (Å²) in [4.78, 5) is 10.1. The molecular weight excluding hydrogens is 180 g/mol. The second kappa shape index (κ2) is 3.58. The molecule has 0 atom stereocenters. The van der Waals surface area contributed by atoms with Gasteiger partial charge in [0, 0.05) is 25.1 Å². The predicted octanol–water partition coefficient (Wildman–Crippen LogP) is -0.0151. The van der Waals surface area contributed by atoms with Gasteiger partial charge in [-0.2, -0.15) is 5.10 Å². The summed E-state index contributed by atoms with van der Waals surface area (Å²) < 4.78 is 1.49. The molecule has 0 spiro atoms. The molecule has 0 radical (unpaired) electrons. The van der Waals surface area contributed by atoms with Crippen LogP contribution in [-0.2, 0) is 11.3 Å². The average molecular weight is 188 g/mol. The zero-order valence-electron chi connectivity index (χ0n) is 6.58. The van der Waals surface area contributed by atoms with E-state index in [-0.39, 0.29) is 6.42 Å². The van der Waals surface area contributed by atoms with Crippen LogP contribution in [0, 0.1) is 6.92 Å². The van der Waals surface area contributed by atoms with Crippen LogP contribution in [0.5, 0.6) is 0 Å². The van der Waals surface area contributed by atoms with Gasteiger partial charge in [-0.15, -0.1) is 0 Å². The maximum absolute atomic E-state index is 10.1. The van der Waals surface area contributed by atoms with Crippen molar-refractivity contribution < 1.29 is 9.90 Å². The summed E-state index contributed by atoms with van der Waals surface area (Å²) in [7, 11) is 0. The van der Waals surface area contributed by atoms with Crippen LogP contribution in [0.15, 0.2) is 6.20 Å². The lowest BCUT2D eigenvalue weighted by atomic mass is 10.4. The molecule has 0 N–H and O–H groups in total. The van der Waals surface area contributed by atoms with Gasteiger partial charge in [0.1, 0.15) is 0 Å². The van der Waals surface area contributed by atoms with Gasteiger partial charge in [-0.1, -0.05) is 11.6 Å². The first kappa shape index (κ1) is 9.06. The molecule has 0 bridgehead atoms. The van der Waals surface area contributed by atoms with E-state index in [2.05, 4.69) is 5.10 Å². The SMILES string of the molecule is Cc1nn(CCC(=O)[O-])cc1Cl. The Bertz CT molecular complexity index is 276. The van der Waals surface area contributed by atoms with Crippen molar-refractivity contribution in [2.75, 3.05) is 0 Å². The van der Waals surface area contributed by atoms with Crippen molar-refractivity contribution in [3.05, 3.63) is 16.9 Å². The largest absolute Gasteiger partial charge is 0.550 e. The number of carboxylic acids is 1. The van der Waals surface area contributed by atoms with Gasteiger partial charge in [-0.05, 0) is 6.92 Å². The van der Waals surface area contributed by atoms with Gasteiger partial charge in [0.2, 0.25) is 0 Å². The molecule has 0 aliphatic heterocycles. The summed E-state index contributed by atoms with van der Waals surface area (Å²) in [6.45, 7) is 2.06. The van der Waals surface area contributed by atoms with Crippen LogP contribution in [0.3, 0.4) is 0 Å². The summed E-state index contributed by atoms with van der Waals surface area (Å²) in [6.07, 6.45) is 1.55. The Morgan fingerprint density at radius 3 is 2.92 bits per heavy atom. The van der Waals surface area contributed by atoms with E-state index in [1.807, 2.05) is 0 Å². The zero-order chi connectivity index (χ0) is 9.14. The number of hydrogen-bond donors (Lipinski definition) is 0. The molecule has 1 rings (SSSR count). The number of carboxylic acid groups (broad SMARTS) is 1. The minimum atomic E-state index is -1.08. The Morgan fingerprint density at radius 2 is 2.50 bits per heavy atom. The van der Waals surface area contributed by atoms with Crippen molar-refractivity contribution >= 4 is 17.6 Å². The number of carbonyl (C=O) groups excluding carboxylic acids is 1. The van der Waals surface area contributed by atoms with Gasteiger partial charge in [-0.25, -0.2) is 0 Å². The van der Waals surface area contributed by atoms with E-state index >= 15 is 0 Å². The van der Waals surface area contributed by atoms with Crippen molar-refractivity contribution in [2.45, 2.75) is 19.9 Å². The van der Waals surface area contributed by atoms with Crippen LogP contribution in [0.1, 0.15) is 12.1 Å². The first-order valence-electron chi connectivity index (χ1n) is 3.49. The number of aliphatic carboxylic acids is 1. The number of aromatic nitrogens is 2. The van der Waals surface area contributed by atoms with Gasteiger partial charge in [0.05, 0.1) is 10.7 Å². The van der Waals surface area contributed by atoms with Gasteiger partial charge in [0.15, 0.2) is 0 Å². The number of hydrogen-bond acceptors (Lipinski definition) is 3. The van der Waals surface area contributed by atoms with Crippen molar-refractivity contribution in [1.29, 1.82) is 0 Å². The molecule has 66 valence electrons. The zero-order valence-corrected chi connectivity index (χ0v) is 7.34. The Morgan fingerprint density at radius 1 is 1.83 bits per heavy atom. The molecule has 0 amide bonds. The highest BCUT2D eigenvalue weighted by atomic mass is 35.5. The third-order valence-corrected chi connectivity index (χ3v) is 1.80. The molecule has 1 heterocycles. The highest BCUT2D eigenvalue weighted by Gasteiger charge is 2.00. The fourth-order valence-corrected chi connectivity index (χ4v) is 0.964. The second-order valence-electron chi connectivity index (χ2n) is 2.45. The molecule has 0 fully saturated rings. The standard InChI is InChI=1S/C7H9ClN2O2/c1-5-6(8)4-10(9-5)3-2-7(11)12/h4H,2-3H2,1H3,(H,11,12)/p-1. The third kappa shape index (κ3) is 2.23. The van der Waals surface area contributed by atoms with Crippen LogP contribution in [0.25, 0.3) is 0 Å². The summed E-state index contributed by atoms with van der Waals surface area (Å²) in [6, 6.07) is 0. The highest BCUT2D eigenvalue weighted by molar-refractivity contribution is 6.31. The lowest BCUT2D eigenvalue weighted by molar-refractivity contribution is -0.306. The quantitative estimate of drug-likeness (QED) is 0.669. The van der Waals surface area contributed by atoms with Gasteiger partial charge >= 0.3 is 0 Å². The maximum atomic E-state index is 10.1. The first-order valence-corrected chi connectivity index (χ1v) is 3.87. The molecule has 0 saturated carbocycles. The van der Waals surface area contributed by atoms with Crippen molar-refractivity contribution in [3.8, 4) is 0 Å². The molecule has 12 heavy (non-hydrogen) atoms. The molecule has 1 aromatic rings. The minimum absolute atomic E-state index is 0.0442. The maximum Gasteiger partial charge on any atom is 0.0814 e. The Balaban J connectivity index is 2.58. The van der Waals surface area contributed by atoms with E-state index in [4.69, 9.17) is 11.6 Å². The topological polar surface area (TPSA) is 58.0 Å². The summed E-state index contributed by atoms with van der Waals surface area (Å²) in [5, 5.41) is 14.6. The molecule has 0 unspecified atom stereocenters. The van der Waals surface area contributed by atoms with E-state index in [1.165, 1.54) is 4.68 Å². The van der Waals surface area contributed by atoms with E-state index in [0.717, 1.165) is 0 Å². The van der Waals surface area contributed by atoms with Gasteiger partial charge in [0.25, 0.3) is 0 Å². The molecular formula is C7H8ClN2O2-. The second-order valence-corrected chi connectivity index (χ2v) is 2.85. The Hall–Kier alpha value is -1.03. The normalized spacial score (nSPS) is 10.2. The summed E-state index contributed by atoms with van der Waals surface area (Å²) in [5.41, 5.74) is 0.704. The number of nitrogens with zero attached hydrogens (tertiary/aromatic N) is 2. The van der Waals surface area contributed by atoms with Gasteiger partial charge in [-0.3, -0.25) is 4.68 Å². The van der Waals surface area contributed by atoms with Crippen molar-refractivity contribution in [2.24, 2.45) is 0 Å².